The van der Waals surface area contributed by atoms with E-state index in [0.717, 1.165) is 31.8 Å². The van der Waals surface area contributed by atoms with Gasteiger partial charge in [-0.1, -0.05) is 38.1 Å². The molecule has 0 aliphatic carbocycles. The van der Waals surface area contributed by atoms with E-state index in [1.807, 2.05) is 6.20 Å². The summed E-state index contributed by atoms with van der Waals surface area (Å²) >= 11 is 0. The van der Waals surface area contributed by atoms with E-state index in [9.17, 15) is 0 Å². The lowest BCUT2D eigenvalue weighted by atomic mass is 10.0. The van der Waals surface area contributed by atoms with Crippen LogP contribution in [0.15, 0.2) is 36.7 Å². The first kappa shape index (κ1) is 14.8. The molecule has 1 aromatic carbocycles. The fourth-order valence-corrected chi connectivity index (χ4v) is 2.53. The summed E-state index contributed by atoms with van der Waals surface area (Å²) in [4.78, 5) is 4.49. The number of rotatable bonds is 7. The molecule has 0 aliphatic rings. The van der Waals surface area contributed by atoms with Crippen LogP contribution in [0, 0.1) is 0 Å². The lowest BCUT2D eigenvalue weighted by molar-refractivity contribution is 0.597. The molecular formula is C17H25N3. The summed E-state index contributed by atoms with van der Waals surface area (Å²) in [5.41, 5.74) is 2.67. The van der Waals surface area contributed by atoms with E-state index in [0.29, 0.717) is 6.04 Å². The van der Waals surface area contributed by atoms with Gasteiger partial charge in [-0.2, -0.15) is 0 Å². The van der Waals surface area contributed by atoms with E-state index >= 15 is 0 Å². The van der Waals surface area contributed by atoms with Crippen LogP contribution in [0.2, 0.25) is 0 Å². The Bertz CT molecular complexity index is 531. The van der Waals surface area contributed by atoms with Gasteiger partial charge in [0.25, 0.3) is 0 Å². The van der Waals surface area contributed by atoms with Crippen molar-refractivity contribution in [2.45, 2.75) is 46.2 Å². The molecule has 1 unspecified atom stereocenters. The van der Waals surface area contributed by atoms with Crippen LogP contribution in [0.4, 0.5) is 0 Å². The molecule has 1 heterocycles. The molecule has 0 saturated carbocycles. The molecule has 1 aromatic heterocycles. The molecule has 0 radical (unpaired) electrons. The van der Waals surface area contributed by atoms with Crippen molar-refractivity contribution in [2.75, 3.05) is 6.54 Å². The minimum absolute atomic E-state index is 0.398. The number of hydrogen-bond donors (Lipinski definition) is 1. The quantitative estimate of drug-likeness (QED) is 0.834. The summed E-state index contributed by atoms with van der Waals surface area (Å²) < 4.78 is 2.25. The maximum Gasteiger partial charge on any atom is 0.113 e. The fraction of sp³-hybridized carbons (Fsp3) is 0.471. The van der Waals surface area contributed by atoms with Gasteiger partial charge >= 0.3 is 0 Å². The van der Waals surface area contributed by atoms with Crippen LogP contribution in [-0.4, -0.2) is 16.1 Å². The van der Waals surface area contributed by atoms with E-state index in [1.54, 1.807) is 0 Å². The molecular weight excluding hydrogens is 246 g/mol. The number of hydrogen-bond acceptors (Lipinski definition) is 2. The van der Waals surface area contributed by atoms with Gasteiger partial charge in [-0.25, -0.2) is 4.98 Å². The molecule has 0 bridgehead atoms. The van der Waals surface area contributed by atoms with E-state index in [1.165, 1.54) is 11.1 Å². The number of aryl methyl sites for hydroxylation is 1. The van der Waals surface area contributed by atoms with Gasteiger partial charge in [0, 0.05) is 31.4 Å². The van der Waals surface area contributed by atoms with Crippen LogP contribution in [0.5, 0.6) is 0 Å². The zero-order chi connectivity index (χ0) is 14.4. The van der Waals surface area contributed by atoms with Crippen molar-refractivity contribution in [1.82, 2.24) is 14.9 Å². The minimum Gasteiger partial charge on any atom is -0.335 e. The Morgan fingerprint density at radius 2 is 2.15 bits per heavy atom. The third kappa shape index (κ3) is 3.70. The van der Waals surface area contributed by atoms with Crippen LogP contribution < -0.4 is 5.32 Å². The zero-order valence-corrected chi connectivity index (χ0v) is 12.8. The van der Waals surface area contributed by atoms with Crippen molar-refractivity contribution < 1.29 is 0 Å². The standard InChI is InChI=1S/C17H25N3/c1-4-10-20-11-9-19-17(20)13-15-7-6-8-16(12-15)14(3)18-5-2/h6-9,11-12,14,18H,4-5,10,13H2,1-3H3. The molecule has 2 aromatic rings. The maximum absolute atomic E-state index is 4.49. The smallest absolute Gasteiger partial charge is 0.113 e. The van der Waals surface area contributed by atoms with Gasteiger partial charge in [0.15, 0.2) is 0 Å². The monoisotopic (exact) mass is 271 g/mol. The van der Waals surface area contributed by atoms with Crippen molar-refractivity contribution >= 4 is 0 Å². The summed E-state index contributed by atoms with van der Waals surface area (Å²) in [5.74, 6) is 1.15. The van der Waals surface area contributed by atoms with Crippen molar-refractivity contribution in [2.24, 2.45) is 0 Å². The number of nitrogens with zero attached hydrogens (tertiary/aromatic N) is 2. The minimum atomic E-state index is 0.398. The Hall–Kier alpha value is -1.61. The average molecular weight is 271 g/mol. The molecule has 20 heavy (non-hydrogen) atoms. The van der Waals surface area contributed by atoms with E-state index in [-0.39, 0.29) is 0 Å². The summed E-state index contributed by atoms with van der Waals surface area (Å²) in [7, 11) is 0. The predicted molar refractivity (Wildman–Crippen MR) is 83.9 cm³/mol. The van der Waals surface area contributed by atoms with Crippen LogP contribution in [0.25, 0.3) is 0 Å². The summed E-state index contributed by atoms with van der Waals surface area (Å²) in [6.07, 6.45) is 6.01. The van der Waals surface area contributed by atoms with Crippen LogP contribution >= 0.6 is 0 Å². The highest BCUT2D eigenvalue weighted by Crippen LogP contribution is 2.16. The molecule has 2 rings (SSSR count). The van der Waals surface area contributed by atoms with E-state index < -0.39 is 0 Å². The van der Waals surface area contributed by atoms with E-state index in [2.05, 4.69) is 66.1 Å². The Balaban J connectivity index is 2.13. The third-order valence-electron chi connectivity index (χ3n) is 3.59. The molecule has 1 atom stereocenters. The third-order valence-corrected chi connectivity index (χ3v) is 3.59. The molecule has 0 saturated heterocycles. The van der Waals surface area contributed by atoms with Crippen LogP contribution in [0.3, 0.4) is 0 Å². The highest BCUT2D eigenvalue weighted by Gasteiger charge is 2.07. The number of nitrogens with one attached hydrogen (secondary N) is 1. The molecule has 0 spiro atoms. The summed E-state index contributed by atoms with van der Waals surface area (Å²) in [6, 6.07) is 9.21. The van der Waals surface area contributed by atoms with Crippen LogP contribution in [-0.2, 0) is 13.0 Å². The fourth-order valence-electron chi connectivity index (χ4n) is 2.53. The SMILES string of the molecule is CCCn1ccnc1Cc1cccc(C(C)NCC)c1. The Labute approximate surface area is 122 Å². The Morgan fingerprint density at radius 3 is 2.90 bits per heavy atom. The van der Waals surface area contributed by atoms with E-state index in [4.69, 9.17) is 0 Å². The van der Waals surface area contributed by atoms with Gasteiger partial charge in [0.1, 0.15) is 5.82 Å². The normalized spacial score (nSPS) is 12.6. The first-order chi connectivity index (χ1) is 9.74. The van der Waals surface area contributed by atoms with Crippen molar-refractivity contribution in [3.8, 4) is 0 Å². The molecule has 0 amide bonds. The molecule has 108 valence electrons. The Morgan fingerprint density at radius 1 is 1.30 bits per heavy atom. The number of aromatic nitrogens is 2. The van der Waals surface area contributed by atoms with Gasteiger partial charge in [-0.05, 0) is 31.0 Å². The number of benzene rings is 1. The van der Waals surface area contributed by atoms with Crippen molar-refractivity contribution in [1.29, 1.82) is 0 Å². The van der Waals surface area contributed by atoms with Gasteiger partial charge < -0.3 is 9.88 Å². The Kier molecular flexibility index (Phi) is 5.36. The summed E-state index contributed by atoms with van der Waals surface area (Å²) in [5, 5.41) is 3.46. The topological polar surface area (TPSA) is 29.9 Å². The molecule has 0 aliphatic heterocycles. The predicted octanol–water partition coefficient (Wildman–Crippen LogP) is 3.55. The molecule has 1 N–H and O–H groups in total. The van der Waals surface area contributed by atoms with Crippen LogP contribution in [0.1, 0.15) is 50.2 Å². The van der Waals surface area contributed by atoms with Gasteiger partial charge in [-0.3, -0.25) is 0 Å². The molecule has 0 fully saturated rings. The zero-order valence-electron chi connectivity index (χ0n) is 12.8. The summed E-state index contributed by atoms with van der Waals surface area (Å²) in [6.45, 7) is 8.58. The highest BCUT2D eigenvalue weighted by molar-refractivity contribution is 5.28. The highest BCUT2D eigenvalue weighted by atomic mass is 15.1. The van der Waals surface area contributed by atoms with Gasteiger partial charge in [0.05, 0.1) is 0 Å². The number of imidazole rings is 1. The first-order valence-electron chi connectivity index (χ1n) is 7.56. The second-order valence-corrected chi connectivity index (χ2v) is 5.24. The lowest BCUT2D eigenvalue weighted by Crippen LogP contribution is -2.17. The molecule has 3 nitrogen and oxygen atoms in total. The molecule has 3 heteroatoms. The van der Waals surface area contributed by atoms with Crippen molar-refractivity contribution in [3.05, 3.63) is 53.6 Å². The second-order valence-electron chi connectivity index (χ2n) is 5.24. The van der Waals surface area contributed by atoms with Gasteiger partial charge in [0.2, 0.25) is 0 Å². The van der Waals surface area contributed by atoms with Crippen molar-refractivity contribution in [3.63, 3.8) is 0 Å². The first-order valence-corrected chi connectivity index (χ1v) is 7.56. The second kappa shape index (κ2) is 7.25. The largest absolute Gasteiger partial charge is 0.335 e. The average Bonchev–Trinajstić information content (AvgIpc) is 2.87. The maximum atomic E-state index is 4.49. The lowest BCUT2D eigenvalue weighted by Gasteiger charge is -2.14. The van der Waals surface area contributed by atoms with Gasteiger partial charge in [-0.15, -0.1) is 0 Å².